The monoisotopic (exact) mass is 533 g/mol. The van der Waals surface area contributed by atoms with Crippen LogP contribution >= 0.6 is 0 Å². The smallest absolute Gasteiger partial charge is 0.332 e. The lowest BCUT2D eigenvalue weighted by Crippen LogP contribution is -2.41. The number of hydrogen-bond acceptors (Lipinski definition) is 5. The molecule has 200 valence electrons. The summed E-state index contributed by atoms with van der Waals surface area (Å²) in [6.45, 7) is 0.0957. The predicted octanol–water partition coefficient (Wildman–Crippen LogP) is 4.03. The molecule has 8 heteroatoms. The average molecular weight is 534 g/mol. The second kappa shape index (κ2) is 11.7. The van der Waals surface area contributed by atoms with E-state index in [0.717, 1.165) is 10.1 Å². The van der Waals surface area contributed by atoms with Crippen LogP contribution in [0.3, 0.4) is 0 Å². The minimum absolute atomic E-state index is 0.00879. The number of fused-ring (bicyclic) bond motifs is 1. The maximum absolute atomic E-state index is 13.5. The topological polar surface area (TPSA) is 99.4 Å². The van der Waals surface area contributed by atoms with Gasteiger partial charge in [-0.15, -0.1) is 0 Å². The zero-order chi connectivity index (χ0) is 28.1. The third-order valence-electron chi connectivity index (χ3n) is 6.72. The van der Waals surface area contributed by atoms with Gasteiger partial charge in [-0.05, 0) is 35.9 Å². The van der Waals surface area contributed by atoms with Gasteiger partial charge in [0, 0.05) is 23.2 Å². The van der Waals surface area contributed by atoms with Gasteiger partial charge in [0.1, 0.15) is 5.75 Å². The van der Waals surface area contributed by atoms with Crippen molar-refractivity contribution >= 4 is 22.6 Å². The van der Waals surface area contributed by atoms with E-state index in [0.29, 0.717) is 39.9 Å². The molecule has 1 heterocycles. The van der Waals surface area contributed by atoms with Crippen molar-refractivity contribution in [1.82, 2.24) is 14.5 Å². The van der Waals surface area contributed by atoms with Gasteiger partial charge in [-0.25, -0.2) is 4.79 Å². The number of nitrogens with zero attached hydrogens (tertiary/aromatic N) is 2. The summed E-state index contributed by atoms with van der Waals surface area (Å²) in [6.07, 6.45) is 0. The van der Waals surface area contributed by atoms with Crippen LogP contribution in [0.25, 0.3) is 10.9 Å². The zero-order valence-electron chi connectivity index (χ0n) is 21.9. The maximum atomic E-state index is 13.5. The summed E-state index contributed by atoms with van der Waals surface area (Å²) in [4.78, 5) is 52.5. The van der Waals surface area contributed by atoms with Crippen molar-refractivity contribution in [3.05, 3.63) is 146 Å². The van der Waals surface area contributed by atoms with Gasteiger partial charge < -0.3 is 10.1 Å². The summed E-state index contributed by atoms with van der Waals surface area (Å²) >= 11 is 0. The first-order chi connectivity index (χ1) is 19.5. The van der Waals surface area contributed by atoms with Crippen molar-refractivity contribution in [2.75, 3.05) is 7.11 Å². The number of Topliss-reactive ketones (excluding diaryl/α,β-unsaturated/α-hetero) is 1. The number of para-hydroxylation sites is 2. The summed E-state index contributed by atoms with van der Waals surface area (Å²) in [5.74, 6) is 0.193. The van der Waals surface area contributed by atoms with Crippen molar-refractivity contribution < 1.29 is 14.3 Å². The molecule has 0 aliphatic carbocycles. The molecule has 0 saturated heterocycles. The largest absolute Gasteiger partial charge is 0.496 e. The van der Waals surface area contributed by atoms with E-state index in [9.17, 15) is 19.2 Å². The van der Waals surface area contributed by atoms with Crippen LogP contribution in [0.5, 0.6) is 5.75 Å². The average Bonchev–Trinajstić information content (AvgIpc) is 3.01. The van der Waals surface area contributed by atoms with E-state index >= 15 is 0 Å². The van der Waals surface area contributed by atoms with Crippen molar-refractivity contribution in [2.45, 2.75) is 19.6 Å². The lowest BCUT2D eigenvalue weighted by molar-refractivity contribution is 0.0948. The standard InChI is InChI=1S/C32H27N3O5/c1-40-29-14-8-5-11-25(29)19-33-30(37)24-17-15-22(16-18-24)20-35-31(38)26-12-6-7-13-27(26)34(32(35)39)21-28(36)23-9-3-2-4-10-23/h2-18H,19-21H2,1H3,(H,33,37). The van der Waals surface area contributed by atoms with E-state index in [-0.39, 0.29) is 24.8 Å². The van der Waals surface area contributed by atoms with Crippen LogP contribution < -0.4 is 21.3 Å². The fourth-order valence-electron chi connectivity index (χ4n) is 4.59. The van der Waals surface area contributed by atoms with E-state index in [4.69, 9.17) is 4.74 Å². The molecule has 1 N–H and O–H groups in total. The summed E-state index contributed by atoms with van der Waals surface area (Å²) < 4.78 is 7.79. The number of amides is 1. The first-order valence-electron chi connectivity index (χ1n) is 12.8. The summed E-state index contributed by atoms with van der Waals surface area (Å²) in [5, 5.41) is 3.22. The van der Waals surface area contributed by atoms with Gasteiger partial charge in [-0.1, -0.05) is 72.8 Å². The Balaban J connectivity index is 1.39. The molecule has 40 heavy (non-hydrogen) atoms. The molecule has 0 aliphatic rings. The van der Waals surface area contributed by atoms with Crippen molar-refractivity contribution in [3.8, 4) is 5.75 Å². The van der Waals surface area contributed by atoms with Crippen molar-refractivity contribution in [3.63, 3.8) is 0 Å². The van der Waals surface area contributed by atoms with Gasteiger partial charge in [0.05, 0.1) is 31.1 Å². The van der Waals surface area contributed by atoms with Gasteiger partial charge in [0.15, 0.2) is 5.78 Å². The Morgan fingerprint density at radius 2 is 1.43 bits per heavy atom. The van der Waals surface area contributed by atoms with Gasteiger partial charge in [-0.2, -0.15) is 0 Å². The Morgan fingerprint density at radius 3 is 2.17 bits per heavy atom. The molecule has 5 rings (SSSR count). The van der Waals surface area contributed by atoms with Crippen LogP contribution in [-0.4, -0.2) is 27.9 Å². The van der Waals surface area contributed by atoms with Gasteiger partial charge >= 0.3 is 5.69 Å². The van der Waals surface area contributed by atoms with E-state index in [1.54, 1.807) is 79.9 Å². The number of nitrogens with one attached hydrogen (secondary N) is 1. The highest BCUT2D eigenvalue weighted by Crippen LogP contribution is 2.17. The Hall–Kier alpha value is -5.24. The summed E-state index contributed by atoms with van der Waals surface area (Å²) in [6, 6.07) is 29.6. The molecule has 0 saturated carbocycles. The van der Waals surface area contributed by atoms with Gasteiger partial charge in [0.25, 0.3) is 11.5 Å². The number of hydrogen-bond donors (Lipinski definition) is 1. The Labute approximate surface area is 230 Å². The normalized spacial score (nSPS) is 10.8. The molecule has 0 radical (unpaired) electrons. The number of ketones is 1. The molecular formula is C32H27N3O5. The molecule has 1 amide bonds. The lowest BCUT2D eigenvalue weighted by Gasteiger charge is -2.14. The molecule has 0 aliphatic heterocycles. The molecular weight excluding hydrogens is 506 g/mol. The quantitative estimate of drug-likeness (QED) is 0.289. The Bertz CT molecular complexity index is 1810. The van der Waals surface area contributed by atoms with E-state index in [1.165, 1.54) is 4.57 Å². The van der Waals surface area contributed by atoms with Crippen molar-refractivity contribution in [2.24, 2.45) is 0 Å². The van der Waals surface area contributed by atoms with Crippen LogP contribution in [0.2, 0.25) is 0 Å². The Morgan fingerprint density at radius 1 is 0.750 bits per heavy atom. The fourth-order valence-corrected chi connectivity index (χ4v) is 4.59. The molecule has 0 atom stereocenters. The van der Waals surface area contributed by atoms with Gasteiger partial charge in [0.2, 0.25) is 0 Å². The van der Waals surface area contributed by atoms with E-state index < -0.39 is 11.2 Å². The molecule has 8 nitrogen and oxygen atoms in total. The number of aromatic nitrogens is 2. The third-order valence-corrected chi connectivity index (χ3v) is 6.72. The molecule has 0 fully saturated rings. The van der Waals surface area contributed by atoms with Crippen molar-refractivity contribution in [1.29, 1.82) is 0 Å². The minimum atomic E-state index is -0.577. The van der Waals surface area contributed by atoms with E-state index in [1.807, 2.05) is 30.3 Å². The summed E-state index contributed by atoms with van der Waals surface area (Å²) in [5.41, 5.74) is 1.82. The molecule has 0 spiro atoms. The third kappa shape index (κ3) is 5.47. The fraction of sp³-hybridized carbons (Fsp3) is 0.125. The zero-order valence-corrected chi connectivity index (χ0v) is 21.9. The van der Waals surface area contributed by atoms with Crippen LogP contribution in [-0.2, 0) is 19.6 Å². The van der Waals surface area contributed by atoms with Crippen LogP contribution in [0.4, 0.5) is 0 Å². The number of carbonyl (C=O) groups excluding carboxylic acids is 2. The highest BCUT2D eigenvalue weighted by atomic mass is 16.5. The SMILES string of the molecule is COc1ccccc1CNC(=O)c1ccc(Cn2c(=O)c3ccccc3n(CC(=O)c3ccccc3)c2=O)cc1. The number of benzene rings is 4. The van der Waals surface area contributed by atoms with Crippen LogP contribution in [0, 0.1) is 0 Å². The predicted molar refractivity (Wildman–Crippen MR) is 153 cm³/mol. The lowest BCUT2D eigenvalue weighted by atomic mass is 10.1. The molecule has 0 bridgehead atoms. The first kappa shape index (κ1) is 26.4. The number of carbonyl (C=O) groups is 2. The van der Waals surface area contributed by atoms with Crippen LogP contribution in [0.1, 0.15) is 31.8 Å². The molecule has 1 aromatic heterocycles. The molecule has 5 aromatic rings. The first-order valence-corrected chi connectivity index (χ1v) is 12.8. The number of methoxy groups -OCH3 is 1. The Kier molecular flexibility index (Phi) is 7.68. The number of ether oxygens (including phenoxy) is 1. The van der Waals surface area contributed by atoms with Gasteiger partial charge in [-0.3, -0.25) is 23.5 Å². The summed E-state index contributed by atoms with van der Waals surface area (Å²) in [7, 11) is 1.58. The van der Waals surface area contributed by atoms with Crippen LogP contribution in [0.15, 0.2) is 113 Å². The minimum Gasteiger partial charge on any atom is -0.496 e. The highest BCUT2D eigenvalue weighted by Gasteiger charge is 2.17. The maximum Gasteiger partial charge on any atom is 0.332 e. The number of rotatable bonds is 9. The second-order valence-electron chi connectivity index (χ2n) is 9.26. The second-order valence-corrected chi connectivity index (χ2v) is 9.26. The molecule has 4 aromatic carbocycles. The van der Waals surface area contributed by atoms with E-state index in [2.05, 4.69) is 5.32 Å². The molecule has 0 unspecified atom stereocenters. The highest BCUT2D eigenvalue weighted by molar-refractivity contribution is 5.96.